The Bertz CT molecular complexity index is 949. The lowest BCUT2D eigenvalue weighted by Crippen LogP contribution is -2.40. The molecule has 4 rings (SSSR count). The summed E-state index contributed by atoms with van der Waals surface area (Å²) in [5.74, 6) is 1.04. The number of rotatable bonds is 4. The molecule has 7 heteroatoms. The highest BCUT2D eigenvalue weighted by molar-refractivity contribution is 5.94. The minimum atomic E-state index is -0.0546. The number of para-hydroxylation sites is 1. The molecule has 1 aliphatic heterocycles. The van der Waals surface area contributed by atoms with Gasteiger partial charge in [0.1, 0.15) is 5.69 Å². The van der Waals surface area contributed by atoms with Crippen LogP contribution in [0.1, 0.15) is 67.7 Å². The van der Waals surface area contributed by atoms with E-state index < -0.39 is 0 Å². The molecule has 32 heavy (non-hydrogen) atoms. The maximum atomic E-state index is 13.5. The average molecular weight is 438 g/mol. The van der Waals surface area contributed by atoms with E-state index in [1.54, 1.807) is 6.92 Å². The molecule has 1 fully saturated rings. The lowest BCUT2D eigenvalue weighted by atomic mass is 10.1. The maximum absolute atomic E-state index is 13.5. The Kier molecular flexibility index (Phi) is 6.94. The number of hydrogen-bond donors (Lipinski definition) is 1. The number of H-pyrrole nitrogens is 1. The lowest BCUT2D eigenvalue weighted by Gasteiger charge is -2.28. The highest BCUT2D eigenvalue weighted by atomic mass is 16.2. The number of carbonyl (C=O) groups is 2. The molecule has 0 spiro atoms. The van der Waals surface area contributed by atoms with Crippen LogP contribution in [0.3, 0.4) is 0 Å². The number of nitrogens with zero attached hydrogens (tertiary/aromatic N) is 4. The number of amides is 2. The van der Waals surface area contributed by atoms with Crippen molar-refractivity contribution in [1.29, 1.82) is 0 Å². The Hall–Kier alpha value is -2.67. The van der Waals surface area contributed by atoms with E-state index in [0.717, 1.165) is 55.8 Å². The topological polar surface area (TPSA) is 72.5 Å². The molecule has 0 saturated heterocycles. The van der Waals surface area contributed by atoms with Crippen LogP contribution in [0, 0.1) is 5.92 Å². The van der Waals surface area contributed by atoms with E-state index >= 15 is 0 Å². The molecular formula is C25H35N5O2. The second-order valence-electron chi connectivity index (χ2n) is 9.56. The van der Waals surface area contributed by atoms with Crippen LogP contribution in [0.25, 0.3) is 0 Å². The Morgan fingerprint density at radius 1 is 1.12 bits per heavy atom. The predicted octanol–water partition coefficient (Wildman–Crippen LogP) is 3.64. The molecule has 7 nitrogen and oxygen atoms in total. The Morgan fingerprint density at radius 3 is 2.62 bits per heavy atom. The highest BCUT2D eigenvalue weighted by Crippen LogP contribution is 2.39. The number of nitrogens with one attached hydrogen (secondary N) is 1. The van der Waals surface area contributed by atoms with E-state index in [-0.39, 0.29) is 11.8 Å². The van der Waals surface area contributed by atoms with Gasteiger partial charge in [-0.1, -0.05) is 32.0 Å². The van der Waals surface area contributed by atoms with Crippen molar-refractivity contribution in [1.82, 2.24) is 20.0 Å². The van der Waals surface area contributed by atoms with Crippen molar-refractivity contribution in [2.45, 2.75) is 52.5 Å². The summed E-state index contributed by atoms with van der Waals surface area (Å²) in [6, 6.07) is 9.87. The second kappa shape index (κ2) is 9.86. The highest BCUT2D eigenvalue weighted by Gasteiger charge is 2.28. The molecule has 1 aliphatic carbocycles. The largest absolute Gasteiger partial charge is 0.332 e. The summed E-state index contributed by atoms with van der Waals surface area (Å²) < 4.78 is 0. The van der Waals surface area contributed by atoms with Crippen molar-refractivity contribution < 1.29 is 9.59 Å². The molecule has 0 unspecified atom stereocenters. The molecule has 2 aromatic rings. The van der Waals surface area contributed by atoms with Crippen molar-refractivity contribution in [3.05, 3.63) is 47.3 Å². The number of benzene rings is 1. The summed E-state index contributed by atoms with van der Waals surface area (Å²) in [6.45, 7) is 10.5. The van der Waals surface area contributed by atoms with E-state index in [0.29, 0.717) is 37.2 Å². The van der Waals surface area contributed by atoms with E-state index in [4.69, 9.17) is 0 Å². The normalized spacial score (nSPS) is 18.4. The fourth-order valence-electron chi connectivity index (χ4n) is 4.55. The van der Waals surface area contributed by atoms with Gasteiger partial charge in [-0.25, -0.2) is 0 Å². The molecule has 1 saturated carbocycles. The third-order valence-electron chi connectivity index (χ3n) is 6.31. The molecule has 172 valence electrons. The van der Waals surface area contributed by atoms with Gasteiger partial charge in [0.2, 0.25) is 5.91 Å². The van der Waals surface area contributed by atoms with Crippen molar-refractivity contribution in [2.75, 3.05) is 37.6 Å². The third-order valence-corrected chi connectivity index (χ3v) is 6.31. The number of anilines is 1. The molecule has 0 atom stereocenters. The van der Waals surface area contributed by atoms with Crippen LogP contribution in [0.5, 0.6) is 0 Å². The van der Waals surface area contributed by atoms with E-state index in [1.165, 1.54) is 0 Å². The van der Waals surface area contributed by atoms with Crippen LogP contribution in [-0.2, 0) is 11.3 Å². The second-order valence-corrected chi connectivity index (χ2v) is 9.56. The number of fused-ring (bicyclic) bond motifs is 1. The van der Waals surface area contributed by atoms with Gasteiger partial charge in [0.15, 0.2) is 0 Å². The van der Waals surface area contributed by atoms with Crippen molar-refractivity contribution in [2.24, 2.45) is 5.92 Å². The standard InChI is InChI=1S/C25H35N5O2/c1-18(2)16-28-11-6-12-30(19(3)31)24-8-5-4-7-21(24)17-29(14-13-28)25(32)23-15-22(26-27-23)20-9-10-20/h4-5,7-8,15,18,20H,6,9-14,16-17H2,1-3H3,(H,26,27). The SMILES string of the molecule is CC(=O)N1CCCN(CC(C)C)CCN(C(=O)c2cc(C3CC3)[nH]n2)Cc2ccccc21. The van der Waals surface area contributed by atoms with Crippen LogP contribution < -0.4 is 4.90 Å². The molecule has 2 heterocycles. The lowest BCUT2D eigenvalue weighted by molar-refractivity contribution is -0.116. The first kappa shape index (κ1) is 22.5. The van der Waals surface area contributed by atoms with E-state index in [2.05, 4.69) is 28.9 Å². The van der Waals surface area contributed by atoms with Gasteiger partial charge in [0, 0.05) is 56.9 Å². The van der Waals surface area contributed by atoms with Crippen LogP contribution in [0.2, 0.25) is 0 Å². The molecule has 1 aromatic heterocycles. The van der Waals surface area contributed by atoms with Gasteiger partial charge in [0.05, 0.1) is 0 Å². The summed E-state index contributed by atoms with van der Waals surface area (Å²) >= 11 is 0. The zero-order chi connectivity index (χ0) is 22.7. The number of hydrogen-bond acceptors (Lipinski definition) is 4. The molecule has 0 bridgehead atoms. The quantitative estimate of drug-likeness (QED) is 0.793. The smallest absolute Gasteiger partial charge is 0.274 e. The van der Waals surface area contributed by atoms with Crippen LogP contribution in [0.4, 0.5) is 5.69 Å². The Balaban J connectivity index is 1.64. The van der Waals surface area contributed by atoms with Crippen LogP contribution in [-0.4, -0.2) is 64.5 Å². The molecule has 1 N–H and O–H groups in total. The van der Waals surface area contributed by atoms with Crippen molar-refractivity contribution >= 4 is 17.5 Å². The van der Waals surface area contributed by atoms with Gasteiger partial charge < -0.3 is 14.7 Å². The first-order chi connectivity index (χ1) is 15.4. The fraction of sp³-hybridized carbons (Fsp3) is 0.560. The molecular weight excluding hydrogens is 402 g/mol. The monoisotopic (exact) mass is 437 g/mol. The van der Waals surface area contributed by atoms with E-state index in [1.807, 2.05) is 40.1 Å². The molecule has 0 radical (unpaired) electrons. The Labute approximate surface area is 190 Å². The average Bonchev–Trinajstić information content (AvgIpc) is 3.49. The fourth-order valence-corrected chi connectivity index (χ4v) is 4.55. The van der Waals surface area contributed by atoms with Crippen molar-refractivity contribution in [3.8, 4) is 0 Å². The van der Waals surface area contributed by atoms with Crippen LogP contribution in [0.15, 0.2) is 30.3 Å². The number of aromatic nitrogens is 2. The first-order valence-corrected chi connectivity index (χ1v) is 11.9. The summed E-state index contributed by atoms with van der Waals surface area (Å²) in [5, 5.41) is 7.40. The van der Waals surface area contributed by atoms with Gasteiger partial charge >= 0.3 is 0 Å². The van der Waals surface area contributed by atoms with Crippen LogP contribution >= 0.6 is 0 Å². The predicted molar refractivity (Wildman–Crippen MR) is 126 cm³/mol. The first-order valence-electron chi connectivity index (χ1n) is 11.9. The summed E-state index contributed by atoms with van der Waals surface area (Å²) in [6.07, 6.45) is 3.23. The zero-order valence-electron chi connectivity index (χ0n) is 19.5. The molecule has 2 aliphatic rings. The van der Waals surface area contributed by atoms with Gasteiger partial charge in [-0.2, -0.15) is 5.10 Å². The van der Waals surface area contributed by atoms with Gasteiger partial charge in [-0.3, -0.25) is 14.7 Å². The molecule has 2 amide bonds. The number of carbonyl (C=O) groups excluding carboxylic acids is 2. The molecule has 1 aromatic carbocycles. The van der Waals surface area contributed by atoms with E-state index in [9.17, 15) is 9.59 Å². The summed E-state index contributed by atoms with van der Waals surface area (Å²) in [7, 11) is 0. The minimum Gasteiger partial charge on any atom is -0.332 e. The zero-order valence-corrected chi connectivity index (χ0v) is 19.5. The summed E-state index contributed by atoms with van der Waals surface area (Å²) in [5.41, 5.74) is 3.44. The van der Waals surface area contributed by atoms with Gasteiger partial charge in [-0.05, 0) is 49.4 Å². The van der Waals surface area contributed by atoms with Gasteiger partial charge in [-0.15, -0.1) is 0 Å². The third kappa shape index (κ3) is 5.38. The summed E-state index contributed by atoms with van der Waals surface area (Å²) in [4.78, 5) is 32.2. The maximum Gasteiger partial charge on any atom is 0.274 e. The van der Waals surface area contributed by atoms with Gasteiger partial charge in [0.25, 0.3) is 5.91 Å². The van der Waals surface area contributed by atoms with Crippen molar-refractivity contribution in [3.63, 3.8) is 0 Å². The number of aromatic amines is 1. The minimum absolute atomic E-state index is 0.0337. The Morgan fingerprint density at radius 2 is 1.91 bits per heavy atom.